The van der Waals surface area contributed by atoms with E-state index in [4.69, 9.17) is 0 Å². The minimum Gasteiger partial charge on any atom is -0.392 e. The van der Waals surface area contributed by atoms with E-state index in [-0.39, 0.29) is 12.3 Å². The number of esters is 2. The van der Waals surface area contributed by atoms with E-state index in [0.717, 1.165) is 19.3 Å². The van der Waals surface area contributed by atoms with Crippen LogP contribution >= 0.6 is 0 Å². The third kappa shape index (κ3) is 6.36. The molecule has 0 spiro atoms. The van der Waals surface area contributed by atoms with Gasteiger partial charge in [-0.3, -0.25) is 9.59 Å². The van der Waals surface area contributed by atoms with Crippen molar-refractivity contribution in [2.45, 2.75) is 70.8 Å². The molecule has 0 radical (unpaired) electrons. The second-order valence-corrected chi connectivity index (χ2v) is 4.99. The average Bonchev–Trinajstić information content (AvgIpc) is 2.66. The van der Waals surface area contributed by atoms with Crippen LogP contribution in [0.1, 0.15) is 64.7 Å². The van der Waals surface area contributed by atoms with Gasteiger partial charge in [0.25, 0.3) is 0 Å². The first-order chi connectivity index (χ1) is 9.13. The zero-order valence-corrected chi connectivity index (χ0v) is 11.6. The molecule has 108 valence electrons. The lowest BCUT2D eigenvalue weighted by Gasteiger charge is -2.07. The van der Waals surface area contributed by atoms with Crippen LogP contribution in [0.4, 0.5) is 0 Å². The van der Waals surface area contributed by atoms with E-state index in [0.29, 0.717) is 6.42 Å². The van der Waals surface area contributed by atoms with Gasteiger partial charge < -0.3 is 10.1 Å². The van der Waals surface area contributed by atoms with Gasteiger partial charge in [0.2, 0.25) is 5.91 Å². The summed E-state index contributed by atoms with van der Waals surface area (Å²) >= 11 is 0. The zero-order valence-electron chi connectivity index (χ0n) is 11.6. The van der Waals surface area contributed by atoms with Crippen molar-refractivity contribution in [3.8, 4) is 0 Å². The Kier molecular flexibility index (Phi) is 7.15. The van der Waals surface area contributed by atoms with Crippen LogP contribution in [0.25, 0.3) is 0 Å². The van der Waals surface area contributed by atoms with Gasteiger partial charge in [-0.2, -0.15) is 0 Å². The highest BCUT2D eigenvalue weighted by Gasteiger charge is 2.34. The Balaban J connectivity index is 2.02. The first-order valence-corrected chi connectivity index (χ1v) is 7.17. The van der Waals surface area contributed by atoms with Crippen molar-refractivity contribution in [3.05, 3.63) is 0 Å². The van der Waals surface area contributed by atoms with Gasteiger partial charge in [0, 0.05) is 6.42 Å². The first kappa shape index (κ1) is 15.7. The molecule has 0 bridgehead atoms. The number of carbonyl (C=O) groups excluding carboxylic acids is 3. The van der Waals surface area contributed by atoms with E-state index in [1.54, 1.807) is 0 Å². The summed E-state index contributed by atoms with van der Waals surface area (Å²) in [5, 5.41) is 2.54. The van der Waals surface area contributed by atoms with E-state index in [1.165, 1.54) is 25.7 Å². The molecular weight excluding hydrogens is 246 g/mol. The average molecular weight is 269 g/mol. The molecule has 1 rings (SSSR count). The van der Waals surface area contributed by atoms with Crippen LogP contribution in [-0.2, 0) is 19.1 Å². The van der Waals surface area contributed by atoms with Crippen LogP contribution < -0.4 is 5.32 Å². The maximum Gasteiger partial charge on any atom is 0.336 e. The number of hydrogen-bond donors (Lipinski definition) is 1. The van der Waals surface area contributed by atoms with Gasteiger partial charge in [0.1, 0.15) is 6.04 Å². The van der Waals surface area contributed by atoms with Crippen molar-refractivity contribution in [1.82, 2.24) is 5.32 Å². The van der Waals surface area contributed by atoms with E-state index in [9.17, 15) is 14.4 Å². The summed E-state index contributed by atoms with van der Waals surface area (Å²) in [5.41, 5.74) is 0. The lowest BCUT2D eigenvalue weighted by atomic mass is 10.1. The maximum absolute atomic E-state index is 11.6. The largest absolute Gasteiger partial charge is 0.392 e. The minimum atomic E-state index is -0.774. The van der Waals surface area contributed by atoms with Crippen LogP contribution in [0.2, 0.25) is 0 Å². The molecule has 1 aliphatic heterocycles. The molecule has 0 aromatic heterocycles. The number of amides is 1. The Labute approximate surface area is 114 Å². The zero-order chi connectivity index (χ0) is 14.1. The summed E-state index contributed by atoms with van der Waals surface area (Å²) in [7, 11) is 0. The molecule has 19 heavy (non-hydrogen) atoms. The summed E-state index contributed by atoms with van der Waals surface area (Å²) in [6, 6.07) is -0.774. The molecule has 1 aliphatic rings. The minimum absolute atomic E-state index is 0.0401. The Hall–Kier alpha value is -1.39. The molecule has 0 unspecified atom stereocenters. The predicted octanol–water partition coefficient (Wildman–Crippen LogP) is 2.09. The summed E-state index contributed by atoms with van der Waals surface area (Å²) in [4.78, 5) is 33.5. The Morgan fingerprint density at radius 2 is 1.79 bits per heavy atom. The van der Waals surface area contributed by atoms with E-state index in [1.807, 2.05) is 0 Å². The number of nitrogens with one attached hydrogen (secondary N) is 1. The van der Waals surface area contributed by atoms with Crippen LogP contribution in [0.3, 0.4) is 0 Å². The van der Waals surface area contributed by atoms with Gasteiger partial charge in [-0.15, -0.1) is 0 Å². The van der Waals surface area contributed by atoms with Gasteiger partial charge in [-0.05, 0) is 6.42 Å². The summed E-state index contributed by atoms with van der Waals surface area (Å²) in [5.74, 6) is -1.38. The fraction of sp³-hybridized carbons (Fsp3) is 0.786. The van der Waals surface area contributed by atoms with E-state index >= 15 is 0 Å². The molecule has 5 nitrogen and oxygen atoms in total. The molecule has 1 amide bonds. The number of unbranched alkanes of at least 4 members (excludes halogenated alkanes) is 6. The van der Waals surface area contributed by atoms with Gasteiger partial charge in [0.15, 0.2) is 0 Å². The molecular formula is C14H23NO4. The first-order valence-electron chi connectivity index (χ1n) is 7.17. The van der Waals surface area contributed by atoms with Crippen molar-refractivity contribution in [2.75, 3.05) is 0 Å². The fourth-order valence-electron chi connectivity index (χ4n) is 2.09. The third-order valence-electron chi connectivity index (χ3n) is 3.21. The van der Waals surface area contributed by atoms with Gasteiger partial charge >= 0.3 is 11.9 Å². The monoisotopic (exact) mass is 269 g/mol. The second kappa shape index (κ2) is 8.67. The molecule has 5 heteroatoms. The number of cyclic esters (lactones) is 2. The molecule has 1 heterocycles. The van der Waals surface area contributed by atoms with Crippen molar-refractivity contribution >= 4 is 17.8 Å². The molecule has 1 saturated heterocycles. The normalized spacial score (nSPS) is 18.5. The number of hydrogen-bond acceptors (Lipinski definition) is 4. The Morgan fingerprint density at radius 3 is 2.37 bits per heavy atom. The number of carbonyl (C=O) groups is 3. The van der Waals surface area contributed by atoms with Crippen molar-refractivity contribution in [3.63, 3.8) is 0 Å². The smallest absolute Gasteiger partial charge is 0.336 e. The molecule has 1 atom stereocenters. The van der Waals surface area contributed by atoms with Crippen molar-refractivity contribution in [1.29, 1.82) is 0 Å². The lowest BCUT2D eigenvalue weighted by molar-refractivity contribution is -0.153. The third-order valence-corrected chi connectivity index (χ3v) is 3.21. The summed E-state index contributed by atoms with van der Waals surface area (Å²) < 4.78 is 4.36. The van der Waals surface area contributed by atoms with Gasteiger partial charge in [-0.1, -0.05) is 45.4 Å². The molecule has 0 aromatic rings. The highest BCUT2D eigenvalue weighted by molar-refractivity contribution is 5.98. The number of rotatable bonds is 9. The maximum atomic E-state index is 11.6. The molecule has 1 fully saturated rings. The van der Waals surface area contributed by atoms with Gasteiger partial charge in [-0.25, -0.2) is 4.79 Å². The molecule has 0 saturated carbocycles. The second-order valence-electron chi connectivity index (χ2n) is 4.99. The van der Waals surface area contributed by atoms with E-state index in [2.05, 4.69) is 17.0 Å². The highest BCUT2D eigenvalue weighted by Crippen LogP contribution is 2.10. The Bertz CT molecular complexity index is 327. The quantitative estimate of drug-likeness (QED) is 0.395. The van der Waals surface area contributed by atoms with Crippen LogP contribution in [-0.4, -0.2) is 23.9 Å². The van der Waals surface area contributed by atoms with Crippen molar-refractivity contribution < 1.29 is 19.1 Å². The predicted molar refractivity (Wildman–Crippen MR) is 70.3 cm³/mol. The summed E-state index contributed by atoms with van der Waals surface area (Å²) in [6.07, 6.45) is 8.37. The molecule has 1 N–H and O–H groups in total. The summed E-state index contributed by atoms with van der Waals surface area (Å²) in [6.45, 7) is 2.18. The van der Waals surface area contributed by atoms with Crippen molar-refractivity contribution in [2.24, 2.45) is 0 Å². The molecule has 0 aromatic carbocycles. The molecule has 0 aliphatic carbocycles. The standard InChI is InChI=1S/C14H23NO4/c1-2-3-4-5-6-7-8-9-12(16)15-11-10-13(17)19-14(11)18/h11H,2-10H2,1H3,(H,15,16)/t11-/m0/s1. The topological polar surface area (TPSA) is 72.5 Å². The van der Waals surface area contributed by atoms with Crippen LogP contribution in [0, 0.1) is 0 Å². The number of ether oxygens (including phenoxy) is 1. The van der Waals surface area contributed by atoms with Crippen LogP contribution in [0.15, 0.2) is 0 Å². The lowest BCUT2D eigenvalue weighted by Crippen LogP contribution is -2.37. The van der Waals surface area contributed by atoms with Crippen LogP contribution in [0.5, 0.6) is 0 Å². The van der Waals surface area contributed by atoms with Gasteiger partial charge in [0.05, 0.1) is 6.42 Å². The fourth-order valence-corrected chi connectivity index (χ4v) is 2.09. The highest BCUT2D eigenvalue weighted by atomic mass is 16.6. The SMILES string of the molecule is CCCCCCCCCC(=O)N[C@H]1CC(=O)OC1=O. The Morgan fingerprint density at radius 1 is 1.16 bits per heavy atom. The van der Waals surface area contributed by atoms with E-state index < -0.39 is 18.0 Å².